The number of furan rings is 1. The maximum absolute atomic E-state index is 6.07. The van der Waals surface area contributed by atoms with Gasteiger partial charge in [0.2, 0.25) is 0 Å². The quantitative estimate of drug-likeness (QED) is 0.777. The normalized spacial score (nSPS) is 14.2. The van der Waals surface area contributed by atoms with E-state index < -0.39 is 0 Å². The Morgan fingerprint density at radius 2 is 2.10 bits per heavy atom. The molecule has 2 unspecified atom stereocenters. The SMILES string of the molecule is CCC(NC(C)CCc1ccco1)c1cccc(Cl)c1. The monoisotopic (exact) mass is 291 g/mol. The smallest absolute Gasteiger partial charge is 0.103 e. The molecule has 1 aromatic heterocycles. The van der Waals surface area contributed by atoms with Crippen LogP contribution in [0.25, 0.3) is 0 Å². The summed E-state index contributed by atoms with van der Waals surface area (Å²) in [4.78, 5) is 0. The number of benzene rings is 1. The molecule has 0 amide bonds. The molecule has 2 nitrogen and oxygen atoms in total. The molecule has 108 valence electrons. The van der Waals surface area contributed by atoms with Gasteiger partial charge in [0.1, 0.15) is 5.76 Å². The van der Waals surface area contributed by atoms with Crippen LogP contribution in [0.5, 0.6) is 0 Å². The summed E-state index contributed by atoms with van der Waals surface area (Å²) in [5.41, 5.74) is 1.25. The second-order valence-electron chi connectivity index (χ2n) is 5.20. The predicted octanol–water partition coefficient (Wildman–Crippen LogP) is 5.00. The van der Waals surface area contributed by atoms with Crippen LogP contribution in [0.15, 0.2) is 47.1 Å². The van der Waals surface area contributed by atoms with Gasteiger partial charge in [0.25, 0.3) is 0 Å². The van der Waals surface area contributed by atoms with Gasteiger partial charge in [0, 0.05) is 23.5 Å². The Labute approximate surface area is 126 Å². The van der Waals surface area contributed by atoms with E-state index in [2.05, 4.69) is 25.2 Å². The minimum atomic E-state index is 0.348. The average molecular weight is 292 g/mol. The standard InChI is InChI=1S/C17H22ClNO/c1-3-17(14-6-4-7-15(18)12-14)19-13(2)9-10-16-8-5-11-20-16/h4-8,11-13,17,19H,3,9-10H2,1-2H3. The maximum Gasteiger partial charge on any atom is 0.103 e. The van der Waals surface area contributed by atoms with Gasteiger partial charge in [0.05, 0.1) is 6.26 Å². The average Bonchev–Trinajstić information content (AvgIpc) is 2.96. The lowest BCUT2D eigenvalue weighted by molar-refractivity contribution is 0.411. The van der Waals surface area contributed by atoms with Gasteiger partial charge in [-0.3, -0.25) is 0 Å². The van der Waals surface area contributed by atoms with E-state index in [0.29, 0.717) is 12.1 Å². The molecular weight excluding hydrogens is 270 g/mol. The van der Waals surface area contributed by atoms with Crippen molar-refractivity contribution in [3.63, 3.8) is 0 Å². The highest BCUT2D eigenvalue weighted by atomic mass is 35.5. The highest BCUT2D eigenvalue weighted by Gasteiger charge is 2.13. The van der Waals surface area contributed by atoms with Crippen LogP contribution in [0.2, 0.25) is 5.02 Å². The first-order valence-electron chi connectivity index (χ1n) is 7.23. The molecule has 0 bridgehead atoms. The summed E-state index contributed by atoms with van der Waals surface area (Å²) in [7, 11) is 0. The fourth-order valence-corrected chi connectivity index (χ4v) is 2.61. The van der Waals surface area contributed by atoms with Crippen LogP contribution in [0.1, 0.15) is 44.1 Å². The summed E-state index contributed by atoms with van der Waals surface area (Å²) in [6.07, 6.45) is 4.80. The number of nitrogens with one attached hydrogen (secondary N) is 1. The number of rotatable bonds is 7. The highest BCUT2D eigenvalue weighted by Crippen LogP contribution is 2.21. The Hall–Kier alpha value is -1.25. The highest BCUT2D eigenvalue weighted by molar-refractivity contribution is 6.30. The van der Waals surface area contributed by atoms with Crippen LogP contribution in [0, 0.1) is 0 Å². The molecule has 3 heteroatoms. The summed E-state index contributed by atoms with van der Waals surface area (Å²) in [5.74, 6) is 1.05. The summed E-state index contributed by atoms with van der Waals surface area (Å²) < 4.78 is 5.37. The first kappa shape index (κ1) is 15.1. The molecule has 0 saturated heterocycles. The second-order valence-corrected chi connectivity index (χ2v) is 5.64. The van der Waals surface area contributed by atoms with Crippen LogP contribution in [-0.2, 0) is 6.42 Å². The van der Waals surface area contributed by atoms with E-state index in [1.54, 1.807) is 6.26 Å². The van der Waals surface area contributed by atoms with Crippen LogP contribution < -0.4 is 5.32 Å². The van der Waals surface area contributed by atoms with Crippen LogP contribution in [0.4, 0.5) is 0 Å². The Balaban J connectivity index is 1.89. The van der Waals surface area contributed by atoms with Crippen molar-refractivity contribution in [2.45, 2.75) is 45.2 Å². The molecule has 0 spiro atoms. The molecule has 0 saturated carbocycles. The van der Waals surface area contributed by atoms with Gasteiger partial charge in [-0.2, -0.15) is 0 Å². The predicted molar refractivity (Wildman–Crippen MR) is 84.1 cm³/mol. The Bertz CT molecular complexity index is 509. The van der Waals surface area contributed by atoms with E-state index in [1.165, 1.54) is 5.56 Å². The Kier molecular flexibility index (Phi) is 5.69. The third kappa shape index (κ3) is 4.39. The van der Waals surface area contributed by atoms with Crippen molar-refractivity contribution in [3.05, 3.63) is 59.0 Å². The molecular formula is C17H22ClNO. The van der Waals surface area contributed by atoms with Gasteiger partial charge in [0.15, 0.2) is 0 Å². The molecule has 0 aliphatic heterocycles. The van der Waals surface area contributed by atoms with Crippen molar-refractivity contribution in [3.8, 4) is 0 Å². The third-order valence-corrected chi connectivity index (χ3v) is 3.78. The molecule has 1 N–H and O–H groups in total. The third-order valence-electron chi connectivity index (χ3n) is 3.55. The zero-order valence-corrected chi connectivity index (χ0v) is 12.9. The van der Waals surface area contributed by atoms with E-state index in [1.807, 2.05) is 30.3 Å². The summed E-state index contributed by atoms with van der Waals surface area (Å²) >= 11 is 6.07. The first-order chi connectivity index (χ1) is 9.69. The minimum Gasteiger partial charge on any atom is -0.469 e. The molecule has 0 aliphatic rings. The molecule has 0 aliphatic carbocycles. The first-order valence-corrected chi connectivity index (χ1v) is 7.60. The molecule has 2 aromatic rings. The zero-order valence-electron chi connectivity index (χ0n) is 12.1. The van der Waals surface area contributed by atoms with Gasteiger partial charge < -0.3 is 9.73 Å². The second kappa shape index (κ2) is 7.51. The van der Waals surface area contributed by atoms with Crippen LogP contribution >= 0.6 is 11.6 Å². The fourth-order valence-electron chi connectivity index (χ4n) is 2.41. The minimum absolute atomic E-state index is 0.348. The van der Waals surface area contributed by atoms with E-state index in [4.69, 9.17) is 16.0 Å². The lowest BCUT2D eigenvalue weighted by Crippen LogP contribution is -2.30. The van der Waals surface area contributed by atoms with Crippen molar-refractivity contribution in [2.24, 2.45) is 0 Å². The largest absolute Gasteiger partial charge is 0.469 e. The number of hydrogen-bond acceptors (Lipinski definition) is 2. The number of halogens is 1. The molecule has 0 radical (unpaired) electrons. The molecule has 20 heavy (non-hydrogen) atoms. The number of hydrogen-bond donors (Lipinski definition) is 1. The van der Waals surface area contributed by atoms with Gasteiger partial charge in [-0.05, 0) is 49.6 Å². The Morgan fingerprint density at radius 1 is 1.25 bits per heavy atom. The fraction of sp³-hybridized carbons (Fsp3) is 0.412. The lowest BCUT2D eigenvalue weighted by Gasteiger charge is -2.22. The van der Waals surface area contributed by atoms with E-state index in [9.17, 15) is 0 Å². The van der Waals surface area contributed by atoms with Crippen molar-refractivity contribution in [1.82, 2.24) is 5.32 Å². The number of aryl methyl sites for hydroxylation is 1. The van der Waals surface area contributed by atoms with Crippen molar-refractivity contribution < 1.29 is 4.42 Å². The van der Waals surface area contributed by atoms with Gasteiger partial charge >= 0.3 is 0 Å². The molecule has 2 atom stereocenters. The molecule has 1 heterocycles. The van der Waals surface area contributed by atoms with E-state index in [0.717, 1.165) is 30.0 Å². The van der Waals surface area contributed by atoms with Crippen LogP contribution in [0.3, 0.4) is 0 Å². The lowest BCUT2D eigenvalue weighted by atomic mass is 10.0. The molecule has 2 rings (SSSR count). The Morgan fingerprint density at radius 3 is 2.75 bits per heavy atom. The van der Waals surface area contributed by atoms with E-state index in [-0.39, 0.29) is 0 Å². The van der Waals surface area contributed by atoms with Gasteiger partial charge in [-0.1, -0.05) is 30.7 Å². The van der Waals surface area contributed by atoms with E-state index >= 15 is 0 Å². The zero-order chi connectivity index (χ0) is 14.4. The molecule has 0 fully saturated rings. The van der Waals surface area contributed by atoms with Crippen molar-refractivity contribution in [1.29, 1.82) is 0 Å². The van der Waals surface area contributed by atoms with Crippen molar-refractivity contribution >= 4 is 11.6 Å². The summed E-state index contributed by atoms with van der Waals surface area (Å²) in [6, 6.07) is 12.8. The maximum atomic E-state index is 6.07. The summed E-state index contributed by atoms with van der Waals surface area (Å²) in [5, 5.41) is 4.47. The van der Waals surface area contributed by atoms with Crippen molar-refractivity contribution in [2.75, 3.05) is 0 Å². The van der Waals surface area contributed by atoms with Gasteiger partial charge in [-0.25, -0.2) is 0 Å². The van der Waals surface area contributed by atoms with Gasteiger partial charge in [-0.15, -0.1) is 0 Å². The summed E-state index contributed by atoms with van der Waals surface area (Å²) in [6.45, 7) is 4.41. The topological polar surface area (TPSA) is 25.2 Å². The molecule has 1 aromatic carbocycles. The van der Waals surface area contributed by atoms with Crippen LogP contribution in [-0.4, -0.2) is 6.04 Å².